The molecule has 1 aromatic heterocycles. The normalized spacial score (nSPS) is 15.8. The number of carbonyl (C=O) groups is 1. The van der Waals surface area contributed by atoms with Crippen LogP contribution in [0, 0.1) is 0 Å². The van der Waals surface area contributed by atoms with Crippen LogP contribution in [-0.2, 0) is 13.6 Å². The Morgan fingerprint density at radius 3 is 3.08 bits per heavy atom. The molecule has 12 heavy (non-hydrogen) atoms. The first-order valence-corrected chi connectivity index (χ1v) is 3.71. The van der Waals surface area contributed by atoms with E-state index in [0.717, 1.165) is 5.69 Å². The molecule has 2 heterocycles. The summed E-state index contributed by atoms with van der Waals surface area (Å²) in [5.74, 6) is 0.681. The summed E-state index contributed by atoms with van der Waals surface area (Å²) >= 11 is 0. The predicted octanol–water partition coefficient (Wildman–Crippen LogP) is 0.397. The molecule has 64 valence electrons. The number of hydrogen-bond donors (Lipinski definition) is 1. The van der Waals surface area contributed by atoms with E-state index in [1.807, 2.05) is 11.6 Å². The molecule has 5 nitrogen and oxygen atoms in total. The van der Waals surface area contributed by atoms with Crippen molar-refractivity contribution in [1.29, 1.82) is 0 Å². The molecule has 0 unspecified atom stereocenters. The number of hydrogen-bond acceptors (Lipinski definition) is 2. The highest BCUT2D eigenvalue weighted by atomic mass is 16.2. The largest absolute Gasteiger partial charge is 0.334 e. The van der Waals surface area contributed by atoms with Crippen molar-refractivity contribution in [3.8, 4) is 0 Å². The zero-order valence-corrected chi connectivity index (χ0v) is 7.03. The fourth-order valence-electron chi connectivity index (χ4n) is 1.24. The second-order valence-electron chi connectivity index (χ2n) is 2.94. The average molecular weight is 166 g/mol. The third kappa shape index (κ3) is 0.861. The van der Waals surface area contributed by atoms with Gasteiger partial charge in [0.2, 0.25) is 0 Å². The SMILES string of the molecule is CN1Cc2c(ncn2C)NC1=O. The van der Waals surface area contributed by atoms with Gasteiger partial charge < -0.3 is 9.47 Å². The molecule has 0 bridgehead atoms. The summed E-state index contributed by atoms with van der Waals surface area (Å²) in [6.45, 7) is 0.623. The minimum Gasteiger partial charge on any atom is -0.334 e. The van der Waals surface area contributed by atoms with Gasteiger partial charge in [0, 0.05) is 14.1 Å². The molecular weight excluding hydrogens is 156 g/mol. The molecule has 0 saturated carbocycles. The molecule has 2 rings (SSSR count). The highest BCUT2D eigenvalue weighted by Gasteiger charge is 2.22. The van der Waals surface area contributed by atoms with E-state index in [1.54, 1.807) is 18.3 Å². The van der Waals surface area contributed by atoms with Crippen LogP contribution < -0.4 is 5.32 Å². The highest BCUT2D eigenvalue weighted by molar-refractivity contribution is 5.90. The van der Waals surface area contributed by atoms with Crippen molar-refractivity contribution in [2.75, 3.05) is 12.4 Å². The molecule has 1 aliphatic rings. The average Bonchev–Trinajstić information content (AvgIpc) is 2.35. The van der Waals surface area contributed by atoms with Gasteiger partial charge in [-0.15, -0.1) is 0 Å². The summed E-state index contributed by atoms with van der Waals surface area (Å²) in [5, 5.41) is 2.69. The number of anilines is 1. The summed E-state index contributed by atoms with van der Waals surface area (Å²) in [6.07, 6.45) is 1.70. The fraction of sp³-hybridized carbons (Fsp3) is 0.429. The molecule has 2 amide bonds. The zero-order valence-electron chi connectivity index (χ0n) is 7.03. The van der Waals surface area contributed by atoms with Gasteiger partial charge in [0.25, 0.3) is 0 Å². The van der Waals surface area contributed by atoms with Crippen molar-refractivity contribution < 1.29 is 4.79 Å². The zero-order chi connectivity index (χ0) is 8.72. The van der Waals surface area contributed by atoms with Crippen LogP contribution in [0.2, 0.25) is 0 Å². The van der Waals surface area contributed by atoms with Gasteiger partial charge in [-0.05, 0) is 0 Å². The summed E-state index contributed by atoms with van der Waals surface area (Å²) < 4.78 is 1.91. The molecule has 1 aromatic rings. The van der Waals surface area contributed by atoms with Gasteiger partial charge in [0.1, 0.15) is 0 Å². The molecule has 1 aliphatic heterocycles. The van der Waals surface area contributed by atoms with Crippen LogP contribution in [0.4, 0.5) is 10.6 Å². The lowest BCUT2D eigenvalue weighted by molar-refractivity contribution is 0.217. The maximum absolute atomic E-state index is 11.1. The third-order valence-electron chi connectivity index (χ3n) is 2.02. The third-order valence-corrected chi connectivity index (χ3v) is 2.02. The first-order valence-electron chi connectivity index (χ1n) is 3.71. The quantitative estimate of drug-likeness (QED) is 0.606. The summed E-state index contributed by atoms with van der Waals surface area (Å²) in [4.78, 5) is 16.8. The molecule has 1 N–H and O–H groups in total. The van der Waals surface area contributed by atoms with Crippen molar-refractivity contribution in [3.05, 3.63) is 12.0 Å². The molecule has 0 saturated heterocycles. The van der Waals surface area contributed by atoms with Gasteiger partial charge in [-0.25, -0.2) is 9.78 Å². The lowest BCUT2D eigenvalue weighted by Gasteiger charge is -2.23. The van der Waals surface area contributed by atoms with E-state index in [4.69, 9.17) is 0 Å². The van der Waals surface area contributed by atoms with Crippen molar-refractivity contribution in [2.24, 2.45) is 7.05 Å². The number of aryl methyl sites for hydroxylation is 1. The van der Waals surface area contributed by atoms with Crippen LogP contribution in [0.1, 0.15) is 5.69 Å². The fourth-order valence-corrected chi connectivity index (χ4v) is 1.24. The van der Waals surface area contributed by atoms with E-state index in [1.165, 1.54) is 0 Å². The van der Waals surface area contributed by atoms with E-state index < -0.39 is 0 Å². The number of aromatic nitrogens is 2. The van der Waals surface area contributed by atoms with Gasteiger partial charge in [-0.1, -0.05) is 0 Å². The minimum absolute atomic E-state index is 0.0961. The van der Waals surface area contributed by atoms with Gasteiger partial charge in [0.05, 0.1) is 18.6 Å². The summed E-state index contributed by atoms with van der Waals surface area (Å²) in [7, 11) is 3.67. The molecule has 5 heteroatoms. The van der Waals surface area contributed by atoms with E-state index in [-0.39, 0.29) is 6.03 Å². The van der Waals surface area contributed by atoms with Crippen LogP contribution in [0.25, 0.3) is 0 Å². The number of urea groups is 1. The predicted molar refractivity (Wildman–Crippen MR) is 43.7 cm³/mol. The minimum atomic E-state index is -0.0961. The summed E-state index contributed by atoms with van der Waals surface area (Å²) in [6, 6.07) is -0.0961. The Hall–Kier alpha value is -1.52. The molecule has 0 spiro atoms. The Kier molecular flexibility index (Phi) is 1.33. The van der Waals surface area contributed by atoms with Gasteiger partial charge >= 0.3 is 6.03 Å². The van der Waals surface area contributed by atoms with E-state index in [0.29, 0.717) is 12.4 Å². The van der Waals surface area contributed by atoms with Crippen LogP contribution in [-0.4, -0.2) is 27.5 Å². The Morgan fingerprint density at radius 1 is 1.58 bits per heavy atom. The molecule has 0 aromatic carbocycles. The maximum atomic E-state index is 11.1. The molecule has 0 radical (unpaired) electrons. The number of nitrogens with one attached hydrogen (secondary N) is 1. The van der Waals surface area contributed by atoms with Crippen LogP contribution in [0.15, 0.2) is 6.33 Å². The molecule has 0 atom stereocenters. The Morgan fingerprint density at radius 2 is 2.33 bits per heavy atom. The van der Waals surface area contributed by atoms with Crippen molar-refractivity contribution >= 4 is 11.8 Å². The van der Waals surface area contributed by atoms with Crippen molar-refractivity contribution in [3.63, 3.8) is 0 Å². The second-order valence-corrected chi connectivity index (χ2v) is 2.94. The number of nitrogens with zero attached hydrogens (tertiary/aromatic N) is 3. The number of imidazole rings is 1. The molecule has 0 aliphatic carbocycles. The lowest BCUT2D eigenvalue weighted by Crippen LogP contribution is -2.36. The van der Waals surface area contributed by atoms with Crippen LogP contribution >= 0.6 is 0 Å². The monoisotopic (exact) mass is 166 g/mol. The van der Waals surface area contributed by atoms with Crippen molar-refractivity contribution in [2.45, 2.75) is 6.54 Å². The number of rotatable bonds is 0. The van der Waals surface area contributed by atoms with Gasteiger partial charge in [0.15, 0.2) is 5.82 Å². The number of fused-ring (bicyclic) bond motifs is 1. The number of carbonyl (C=O) groups excluding carboxylic acids is 1. The first kappa shape index (κ1) is 7.15. The summed E-state index contributed by atoms with van der Waals surface area (Å²) in [5.41, 5.74) is 1.04. The highest BCUT2D eigenvalue weighted by Crippen LogP contribution is 2.19. The Labute approximate surface area is 70.0 Å². The van der Waals surface area contributed by atoms with Crippen LogP contribution in [0.5, 0.6) is 0 Å². The Bertz CT molecular complexity index is 330. The smallest absolute Gasteiger partial charge is 0.323 e. The van der Waals surface area contributed by atoms with E-state index in [2.05, 4.69) is 10.3 Å². The van der Waals surface area contributed by atoms with E-state index >= 15 is 0 Å². The topological polar surface area (TPSA) is 50.2 Å². The number of amides is 2. The maximum Gasteiger partial charge on any atom is 0.323 e. The standard InChI is InChI=1S/C7H10N4O/c1-10-3-5-6(9-7(10)12)8-4-11(5)2/h4H,3H2,1-2H3,(H,9,12). The van der Waals surface area contributed by atoms with Crippen LogP contribution in [0.3, 0.4) is 0 Å². The first-order chi connectivity index (χ1) is 5.68. The molecular formula is C7H10N4O. The van der Waals surface area contributed by atoms with Gasteiger partial charge in [-0.3, -0.25) is 5.32 Å². The van der Waals surface area contributed by atoms with Crippen molar-refractivity contribution in [1.82, 2.24) is 14.5 Å². The second kappa shape index (κ2) is 2.23. The van der Waals surface area contributed by atoms with Gasteiger partial charge in [-0.2, -0.15) is 0 Å². The lowest BCUT2D eigenvalue weighted by atomic mass is 10.3. The van der Waals surface area contributed by atoms with E-state index in [9.17, 15) is 4.79 Å². The molecule has 0 fully saturated rings. The Balaban J connectivity index is 2.43.